The molecule has 2 aliphatic heterocycles. The van der Waals surface area contributed by atoms with Crippen molar-refractivity contribution in [2.75, 3.05) is 32.6 Å². The molecule has 0 aromatic heterocycles. The van der Waals surface area contributed by atoms with Crippen LogP contribution < -0.4 is 20.1 Å². The topological polar surface area (TPSA) is 143 Å². The summed E-state index contributed by atoms with van der Waals surface area (Å²) in [5.41, 5.74) is 0.338. The van der Waals surface area contributed by atoms with Gasteiger partial charge in [0.1, 0.15) is 11.5 Å². The first kappa shape index (κ1) is 22.7. The van der Waals surface area contributed by atoms with Crippen molar-refractivity contribution in [3.8, 4) is 11.5 Å². The molecule has 2 heterocycles. The number of methoxy groups -OCH3 is 2. The van der Waals surface area contributed by atoms with Crippen LogP contribution in [0.4, 0.5) is 10.5 Å². The van der Waals surface area contributed by atoms with Crippen molar-refractivity contribution in [2.45, 2.75) is 25.0 Å². The van der Waals surface area contributed by atoms with Crippen molar-refractivity contribution in [1.29, 1.82) is 0 Å². The number of urea groups is 1. The number of hydrogen-bond acceptors (Lipinski definition) is 7. The third kappa shape index (κ3) is 4.69. The van der Waals surface area contributed by atoms with Crippen molar-refractivity contribution in [3.63, 3.8) is 0 Å². The molecule has 1 aromatic carbocycles. The van der Waals surface area contributed by atoms with Crippen LogP contribution in [0.3, 0.4) is 0 Å². The maximum atomic E-state index is 13.1. The highest BCUT2D eigenvalue weighted by Crippen LogP contribution is 2.30. The van der Waals surface area contributed by atoms with Crippen LogP contribution in [0.2, 0.25) is 0 Å². The summed E-state index contributed by atoms with van der Waals surface area (Å²) in [6.07, 6.45) is 0.930. The zero-order chi connectivity index (χ0) is 22.8. The fraction of sp³-hybridized carbons (Fsp3) is 0.474. The molecule has 0 aliphatic carbocycles. The number of piperidine rings is 1. The van der Waals surface area contributed by atoms with E-state index in [1.807, 2.05) is 5.32 Å². The lowest BCUT2D eigenvalue weighted by Gasteiger charge is -2.34. The van der Waals surface area contributed by atoms with E-state index < -0.39 is 33.1 Å². The highest BCUT2D eigenvalue weighted by Gasteiger charge is 2.44. The Morgan fingerprint density at radius 2 is 2.00 bits per heavy atom. The summed E-state index contributed by atoms with van der Waals surface area (Å²) in [7, 11) is -1.18. The van der Waals surface area contributed by atoms with Crippen LogP contribution in [0.25, 0.3) is 0 Å². The molecule has 3 rings (SSSR count). The van der Waals surface area contributed by atoms with Crippen LogP contribution in [0, 0.1) is 5.92 Å². The molecular weight excluding hydrogens is 428 g/mol. The van der Waals surface area contributed by atoms with E-state index in [0.29, 0.717) is 30.0 Å². The molecule has 2 unspecified atom stereocenters. The summed E-state index contributed by atoms with van der Waals surface area (Å²) in [6.45, 7) is 1.41. The number of amides is 4. The Morgan fingerprint density at radius 1 is 1.26 bits per heavy atom. The van der Waals surface area contributed by atoms with Gasteiger partial charge in [-0.1, -0.05) is 0 Å². The number of aliphatic imine (C=N–C) groups is 1. The summed E-state index contributed by atoms with van der Waals surface area (Å²) in [4.78, 5) is 39.9. The lowest BCUT2D eigenvalue weighted by Crippen LogP contribution is -2.56. The fourth-order valence-electron chi connectivity index (χ4n) is 3.63. The second-order valence-corrected chi connectivity index (χ2v) is 9.24. The Balaban J connectivity index is 1.76. The van der Waals surface area contributed by atoms with Gasteiger partial charge >= 0.3 is 6.03 Å². The fourth-order valence-corrected chi connectivity index (χ4v) is 5.51. The first-order chi connectivity index (χ1) is 14.7. The Hall–Kier alpha value is -2.99. The minimum Gasteiger partial charge on any atom is -0.497 e. The predicted octanol–water partition coefficient (Wildman–Crippen LogP) is 0.763. The van der Waals surface area contributed by atoms with Gasteiger partial charge < -0.3 is 14.8 Å². The van der Waals surface area contributed by atoms with Gasteiger partial charge in [0.25, 0.3) is 5.91 Å². The maximum Gasteiger partial charge on any atom is 0.347 e. The normalized spacial score (nSPS) is 22.4. The molecule has 4 amide bonds. The Kier molecular flexibility index (Phi) is 6.60. The van der Waals surface area contributed by atoms with Gasteiger partial charge in [0.2, 0.25) is 15.9 Å². The van der Waals surface area contributed by atoms with Crippen LogP contribution in [-0.2, 0) is 19.6 Å². The van der Waals surface area contributed by atoms with Crippen molar-refractivity contribution in [3.05, 3.63) is 18.2 Å². The monoisotopic (exact) mass is 452 g/mol. The highest BCUT2D eigenvalue weighted by atomic mass is 32.2. The average Bonchev–Trinajstić information content (AvgIpc) is 2.73. The molecule has 0 radical (unpaired) electrons. The smallest absolute Gasteiger partial charge is 0.347 e. The number of carbonyl (C=O) groups is 3. The van der Waals surface area contributed by atoms with Crippen LogP contribution >= 0.6 is 0 Å². The van der Waals surface area contributed by atoms with Gasteiger partial charge in [-0.2, -0.15) is 0 Å². The van der Waals surface area contributed by atoms with E-state index in [2.05, 4.69) is 10.3 Å². The quantitative estimate of drug-likeness (QED) is 0.649. The van der Waals surface area contributed by atoms with Gasteiger partial charge in [0.15, 0.2) is 5.25 Å². The maximum absolute atomic E-state index is 13.1. The lowest BCUT2D eigenvalue weighted by atomic mass is 9.98. The van der Waals surface area contributed by atoms with Gasteiger partial charge in [-0.05, 0) is 31.9 Å². The van der Waals surface area contributed by atoms with E-state index in [0.717, 1.165) is 4.31 Å². The first-order valence-corrected chi connectivity index (χ1v) is 11.1. The summed E-state index contributed by atoms with van der Waals surface area (Å²) in [5, 5.41) is 3.10. The molecule has 2 N–H and O–H groups in total. The van der Waals surface area contributed by atoms with E-state index in [1.54, 1.807) is 18.2 Å². The number of anilines is 1. The average molecular weight is 452 g/mol. The van der Waals surface area contributed by atoms with E-state index >= 15 is 0 Å². The number of nitrogens with zero attached hydrogens (tertiary/aromatic N) is 2. The Morgan fingerprint density at radius 3 is 2.65 bits per heavy atom. The molecule has 0 bridgehead atoms. The van der Waals surface area contributed by atoms with E-state index in [-0.39, 0.29) is 24.7 Å². The van der Waals surface area contributed by atoms with Gasteiger partial charge in [-0.3, -0.25) is 14.9 Å². The largest absolute Gasteiger partial charge is 0.497 e. The molecule has 12 heteroatoms. The van der Waals surface area contributed by atoms with Crippen LogP contribution in [0.15, 0.2) is 23.2 Å². The number of imide groups is 1. The number of carbonyl (C=O) groups excluding carboxylic acids is 3. The molecule has 0 saturated carbocycles. The van der Waals surface area contributed by atoms with Gasteiger partial charge in [0, 0.05) is 24.9 Å². The molecule has 0 spiro atoms. The molecule has 2 atom stereocenters. The second kappa shape index (κ2) is 9.02. The van der Waals surface area contributed by atoms with Gasteiger partial charge in [-0.15, -0.1) is 0 Å². The minimum atomic E-state index is -4.15. The number of rotatable bonds is 6. The molecule has 168 valence electrons. The lowest BCUT2D eigenvalue weighted by molar-refractivity contribution is -0.121. The zero-order valence-corrected chi connectivity index (χ0v) is 18.2. The summed E-state index contributed by atoms with van der Waals surface area (Å²) < 4.78 is 37.7. The van der Waals surface area contributed by atoms with Crippen LogP contribution in [0.1, 0.15) is 19.8 Å². The standard InChI is InChI=1S/C19H24N4O7S/c1-11-16(18(25)22-19(26)20-11)31(27,28)23-8-4-5-12(10-23)17(24)21-14-7-6-13(29-2)9-15(14)30-3/h6-7,9,12,16H,4-5,8,10H2,1-3H3,(H,21,24)(H,22,25,26). The molecule has 11 nitrogen and oxygen atoms in total. The van der Waals surface area contributed by atoms with Gasteiger partial charge in [-0.25, -0.2) is 22.5 Å². The molecule has 1 fully saturated rings. The van der Waals surface area contributed by atoms with E-state index in [1.165, 1.54) is 21.1 Å². The number of sulfonamides is 1. The zero-order valence-electron chi connectivity index (χ0n) is 17.4. The first-order valence-electron chi connectivity index (χ1n) is 9.59. The highest BCUT2D eigenvalue weighted by molar-refractivity contribution is 7.91. The summed E-state index contributed by atoms with van der Waals surface area (Å²) in [6, 6.07) is 4.04. The van der Waals surface area contributed by atoms with E-state index in [9.17, 15) is 22.8 Å². The third-order valence-corrected chi connectivity index (χ3v) is 7.41. The van der Waals surface area contributed by atoms with Crippen LogP contribution in [0.5, 0.6) is 11.5 Å². The van der Waals surface area contributed by atoms with Crippen molar-refractivity contribution in [2.24, 2.45) is 10.9 Å². The van der Waals surface area contributed by atoms with Crippen molar-refractivity contribution >= 4 is 39.3 Å². The minimum absolute atomic E-state index is 0.0857. The predicted molar refractivity (Wildman–Crippen MR) is 112 cm³/mol. The second-order valence-electron chi connectivity index (χ2n) is 7.23. The van der Waals surface area contributed by atoms with Crippen LogP contribution in [-0.4, -0.2) is 68.8 Å². The number of ether oxygens (including phenoxy) is 2. The Bertz CT molecular complexity index is 1040. The SMILES string of the molecule is COc1ccc(NC(=O)C2CCCN(S(=O)(=O)C3C(=O)NC(=O)N=C3C)C2)c(OC)c1. The number of nitrogens with one attached hydrogen (secondary N) is 2. The van der Waals surface area contributed by atoms with Crippen molar-refractivity contribution in [1.82, 2.24) is 9.62 Å². The molecule has 31 heavy (non-hydrogen) atoms. The number of hydrogen-bond donors (Lipinski definition) is 2. The van der Waals surface area contributed by atoms with Crippen molar-refractivity contribution < 1.29 is 32.3 Å². The Labute approximate surface area is 179 Å². The molecule has 1 aromatic rings. The molecule has 2 aliphatic rings. The summed E-state index contributed by atoms with van der Waals surface area (Å²) >= 11 is 0. The van der Waals surface area contributed by atoms with E-state index in [4.69, 9.17) is 9.47 Å². The summed E-state index contributed by atoms with van der Waals surface area (Å²) in [5.74, 6) is -0.959. The number of benzene rings is 1. The molecule has 1 saturated heterocycles. The third-order valence-electron chi connectivity index (χ3n) is 5.20. The molecular formula is C19H24N4O7S. The van der Waals surface area contributed by atoms with Gasteiger partial charge in [0.05, 0.1) is 25.8 Å².